The van der Waals surface area contributed by atoms with E-state index in [9.17, 15) is 0 Å². The van der Waals surface area contributed by atoms with Gasteiger partial charge < -0.3 is 10.6 Å². The Kier molecular flexibility index (Phi) is 6.51. The molecule has 2 nitrogen and oxygen atoms in total. The van der Waals surface area contributed by atoms with Gasteiger partial charge in [-0.1, -0.05) is 30.2 Å². The minimum absolute atomic E-state index is 0.344. The number of thiocarbonyl (C=S) groups is 2. The van der Waals surface area contributed by atoms with Gasteiger partial charge in [-0.3, -0.25) is 0 Å². The lowest BCUT2D eigenvalue weighted by Gasteiger charge is -2.06. The van der Waals surface area contributed by atoms with Crippen molar-refractivity contribution in [3.63, 3.8) is 0 Å². The Morgan fingerprint density at radius 1 is 1.25 bits per heavy atom. The highest BCUT2D eigenvalue weighted by atomic mass is 32.1. The Morgan fingerprint density at radius 3 is 1.92 bits per heavy atom. The Morgan fingerprint density at radius 2 is 1.67 bits per heavy atom. The van der Waals surface area contributed by atoms with Gasteiger partial charge in [0.15, 0.2) is 5.82 Å². The molecule has 0 spiro atoms. The molecule has 0 unspecified atom stereocenters. The van der Waals surface area contributed by atoms with Crippen LogP contribution in [-0.4, -0.2) is 8.64 Å². The molecule has 12 heavy (non-hydrogen) atoms. The van der Waals surface area contributed by atoms with Crippen molar-refractivity contribution in [1.29, 1.82) is 0 Å². The highest BCUT2D eigenvalue weighted by Crippen LogP contribution is 1.88. The number of nitrogens with one attached hydrogen (secondary N) is 2. The minimum atomic E-state index is 0.344. The summed E-state index contributed by atoms with van der Waals surface area (Å²) in [6.07, 6.45) is 1.72. The molecule has 2 N–H and O–H groups in total. The molecule has 0 radical (unpaired) electrons. The number of hydrogen-bond donors (Lipinski definition) is 4. The van der Waals surface area contributed by atoms with E-state index in [1.807, 2.05) is 6.92 Å². The molecule has 0 rings (SSSR count). The summed E-state index contributed by atoms with van der Waals surface area (Å²) in [5, 5.41) is 5.47. The van der Waals surface area contributed by atoms with Crippen molar-refractivity contribution < 1.29 is 0 Å². The molecule has 0 heterocycles. The van der Waals surface area contributed by atoms with Gasteiger partial charge in [0.25, 0.3) is 0 Å². The lowest BCUT2D eigenvalue weighted by Crippen LogP contribution is -2.28. The molecule has 0 bridgehead atoms. The first-order valence-corrected chi connectivity index (χ1v) is 4.68. The van der Waals surface area contributed by atoms with Gasteiger partial charge in [0, 0.05) is 0 Å². The maximum atomic E-state index is 4.71. The lowest BCUT2D eigenvalue weighted by atomic mass is 10.6. The summed E-state index contributed by atoms with van der Waals surface area (Å²) in [6, 6.07) is 0. The van der Waals surface area contributed by atoms with Crippen molar-refractivity contribution in [2.24, 2.45) is 0 Å². The van der Waals surface area contributed by atoms with Gasteiger partial charge in [-0.05, 0) is 13.0 Å². The molecule has 0 atom stereocenters. The second-order valence-corrected chi connectivity index (χ2v) is 3.98. The summed E-state index contributed by atoms with van der Waals surface area (Å²) in [7, 11) is 0. The Hall–Kier alpha value is -0.000000000000000111. The van der Waals surface area contributed by atoms with Gasteiger partial charge in [-0.2, -0.15) is 0 Å². The fourth-order valence-corrected chi connectivity index (χ4v) is 0.889. The summed E-state index contributed by atoms with van der Waals surface area (Å²) in [5.41, 5.74) is 2.84. The third-order valence-corrected chi connectivity index (χ3v) is 1.18. The Balaban J connectivity index is 4.36. The third kappa shape index (κ3) is 6.69. The van der Waals surface area contributed by atoms with Crippen LogP contribution in [0.2, 0.25) is 0 Å². The molecule has 0 fully saturated rings. The molecule has 0 amide bonds. The van der Waals surface area contributed by atoms with Crippen LogP contribution in [0.3, 0.4) is 0 Å². The van der Waals surface area contributed by atoms with E-state index in [1.54, 1.807) is 6.08 Å². The summed E-state index contributed by atoms with van der Waals surface area (Å²) in [4.78, 5) is 0. The highest BCUT2D eigenvalue weighted by molar-refractivity contribution is 8.11. The van der Waals surface area contributed by atoms with Crippen molar-refractivity contribution in [2.45, 2.75) is 6.92 Å². The van der Waals surface area contributed by atoms with Gasteiger partial charge in [0.05, 0.1) is 0 Å². The quantitative estimate of drug-likeness (QED) is 0.332. The third-order valence-electron chi connectivity index (χ3n) is 0.753. The molecule has 0 saturated heterocycles. The highest BCUT2D eigenvalue weighted by Gasteiger charge is 1.95. The molecule has 0 aliphatic carbocycles. The van der Waals surface area contributed by atoms with Crippen molar-refractivity contribution in [3.05, 3.63) is 17.6 Å². The monoisotopic (exact) mass is 236 g/mol. The number of thiol groups is 2. The van der Waals surface area contributed by atoms with Crippen LogP contribution in [0.1, 0.15) is 6.92 Å². The number of rotatable bonds is 2. The Labute approximate surface area is 93.3 Å². The second-order valence-electron chi connectivity index (χ2n) is 1.67. The van der Waals surface area contributed by atoms with Crippen LogP contribution < -0.4 is 10.6 Å². The number of allylic oxidation sites excluding steroid dienone is 1. The molecule has 0 saturated carbocycles. The van der Waals surface area contributed by atoms with Gasteiger partial charge >= 0.3 is 0 Å². The lowest BCUT2D eigenvalue weighted by molar-refractivity contribution is 1.02. The van der Waals surface area contributed by atoms with E-state index in [1.165, 1.54) is 0 Å². The van der Waals surface area contributed by atoms with Crippen LogP contribution in [-0.2, 0) is 0 Å². The van der Waals surface area contributed by atoms with E-state index < -0.39 is 0 Å². The van der Waals surface area contributed by atoms with Crippen LogP contribution in [0.4, 0.5) is 0 Å². The van der Waals surface area contributed by atoms with E-state index in [-0.39, 0.29) is 0 Å². The maximum Gasteiger partial charge on any atom is 0.154 e. The zero-order chi connectivity index (χ0) is 9.56. The molecule has 66 valence electrons. The fourth-order valence-electron chi connectivity index (χ4n) is 0.462. The molecular formula is C6H8N2S4. The first-order chi connectivity index (χ1) is 5.56. The van der Waals surface area contributed by atoms with Crippen LogP contribution in [0, 0.1) is 0 Å². The van der Waals surface area contributed by atoms with Gasteiger partial charge in [-0.15, -0.1) is 25.3 Å². The predicted octanol–water partition coefficient (Wildman–Crippen LogP) is 1.61. The molecule has 0 aliphatic rings. The molecule has 0 aliphatic heterocycles. The second kappa shape index (κ2) is 6.51. The van der Waals surface area contributed by atoms with Gasteiger partial charge in [0.1, 0.15) is 8.64 Å². The number of hydrogen-bond acceptors (Lipinski definition) is 2. The van der Waals surface area contributed by atoms with E-state index >= 15 is 0 Å². The van der Waals surface area contributed by atoms with Crippen molar-refractivity contribution in [3.8, 4) is 0 Å². The van der Waals surface area contributed by atoms with Crippen LogP contribution in [0.15, 0.2) is 17.6 Å². The molecule has 0 aromatic rings. The summed E-state index contributed by atoms with van der Waals surface area (Å²) >= 11 is 17.2. The zero-order valence-electron chi connectivity index (χ0n) is 6.29. The predicted molar refractivity (Wildman–Crippen MR) is 66.7 cm³/mol. The largest absolute Gasteiger partial charge is 0.321 e. The maximum absolute atomic E-state index is 4.71. The van der Waals surface area contributed by atoms with E-state index in [0.717, 1.165) is 0 Å². The zero-order valence-corrected chi connectivity index (χ0v) is 9.71. The summed E-state index contributed by atoms with van der Waals surface area (Å²) in [5.74, 6) is 0.539. The van der Waals surface area contributed by atoms with E-state index in [2.05, 4.69) is 41.6 Å². The smallest absolute Gasteiger partial charge is 0.154 e. The Bertz CT molecular complexity index is 234. The molecule has 0 aromatic heterocycles. The SMILES string of the molecule is CC=C=C(NC(=S)S)NC(=S)S. The minimum Gasteiger partial charge on any atom is -0.321 e. The standard InChI is InChI=1S/C6H8N2S4/c1-2-3-4(7-5(9)10)8-6(11)12/h2H,1H3,(H2,7,9,10)(H2,8,11,12). The van der Waals surface area contributed by atoms with Crippen molar-refractivity contribution in [2.75, 3.05) is 0 Å². The van der Waals surface area contributed by atoms with Gasteiger partial charge in [-0.25, -0.2) is 0 Å². The fraction of sp³-hybridized carbons (Fsp3) is 0.167. The van der Waals surface area contributed by atoms with Crippen LogP contribution in [0.25, 0.3) is 0 Å². The molecular weight excluding hydrogens is 228 g/mol. The normalized spacial score (nSPS) is 7.92. The first kappa shape index (κ1) is 12.0. The topological polar surface area (TPSA) is 24.1 Å². The van der Waals surface area contributed by atoms with Gasteiger partial charge in [0.2, 0.25) is 0 Å². The summed E-state index contributed by atoms with van der Waals surface area (Å²) in [6.45, 7) is 1.83. The molecule has 0 aromatic carbocycles. The summed E-state index contributed by atoms with van der Waals surface area (Å²) < 4.78 is 0.688. The van der Waals surface area contributed by atoms with Crippen LogP contribution >= 0.6 is 49.7 Å². The average Bonchev–Trinajstić information content (AvgIpc) is 1.84. The van der Waals surface area contributed by atoms with Crippen LogP contribution in [0.5, 0.6) is 0 Å². The van der Waals surface area contributed by atoms with E-state index in [0.29, 0.717) is 14.5 Å². The average molecular weight is 236 g/mol. The first-order valence-electron chi connectivity index (χ1n) is 2.97. The molecule has 6 heteroatoms. The van der Waals surface area contributed by atoms with E-state index in [4.69, 9.17) is 24.4 Å². The van der Waals surface area contributed by atoms with Crippen molar-refractivity contribution >= 4 is 58.3 Å². The van der Waals surface area contributed by atoms with Crippen molar-refractivity contribution in [1.82, 2.24) is 10.6 Å².